The van der Waals surface area contributed by atoms with Crippen LogP contribution in [0.15, 0.2) is 24.3 Å². The van der Waals surface area contributed by atoms with Crippen molar-refractivity contribution in [2.24, 2.45) is 0 Å². The van der Waals surface area contributed by atoms with E-state index in [0.29, 0.717) is 24.0 Å². The van der Waals surface area contributed by atoms with E-state index in [0.717, 1.165) is 5.69 Å². The molecule has 4 rings (SSSR count). The lowest BCUT2D eigenvalue weighted by Gasteiger charge is -2.20. The van der Waals surface area contributed by atoms with Gasteiger partial charge in [0, 0.05) is 0 Å². The number of fused-ring (bicyclic) bond motifs is 1. The van der Waals surface area contributed by atoms with Crippen LogP contribution in [0.3, 0.4) is 0 Å². The standard InChI is InChI=1S/C18H16F3N3O2/c1-11-15(8-22)23-16-24(11)9-14(26-16)10-25-13-4-2-12(3-5-13)17(6-7-17)18(19,20)21/h2-5,14H,6-7,9-10H2,1H3/t14-/m0/s1. The third-order valence-electron chi connectivity index (χ3n) is 5.09. The van der Waals surface area contributed by atoms with E-state index in [1.807, 2.05) is 10.6 Å². The Morgan fingerprint density at radius 1 is 1.35 bits per heavy atom. The monoisotopic (exact) mass is 363 g/mol. The first-order valence-electron chi connectivity index (χ1n) is 8.28. The molecule has 0 bridgehead atoms. The minimum Gasteiger partial charge on any atom is -0.490 e. The molecule has 0 saturated heterocycles. The first kappa shape index (κ1) is 16.8. The number of benzene rings is 1. The van der Waals surface area contributed by atoms with Gasteiger partial charge in [-0.25, -0.2) is 0 Å². The summed E-state index contributed by atoms with van der Waals surface area (Å²) >= 11 is 0. The molecule has 1 saturated carbocycles. The van der Waals surface area contributed by atoms with Crippen LogP contribution in [-0.4, -0.2) is 28.4 Å². The zero-order valence-corrected chi connectivity index (χ0v) is 14.0. The third-order valence-corrected chi connectivity index (χ3v) is 5.09. The van der Waals surface area contributed by atoms with Crippen LogP contribution in [0.4, 0.5) is 13.2 Å². The number of imidazole rings is 1. The second kappa shape index (κ2) is 5.66. The van der Waals surface area contributed by atoms with E-state index in [-0.39, 0.29) is 31.1 Å². The van der Waals surface area contributed by atoms with Crippen molar-refractivity contribution < 1.29 is 22.6 Å². The summed E-state index contributed by atoms with van der Waals surface area (Å²) in [5, 5.41) is 8.95. The molecule has 2 aromatic rings. The van der Waals surface area contributed by atoms with Gasteiger partial charge in [-0.2, -0.15) is 23.4 Å². The second-order valence-electron chi connectivity index (χ2n) is 6.71. The lowest BCUT2D eigenvalue weighted by Crippen LogP contribution is -2.28. The van der Waals surface area contributed by atoms with Crippen LogP contribution in [0.2, 0.25) is 0 Å². The maximum atomic E-state index is 13.1. The molecule has 0 amide bonds. The fourth-order valence-electron chi connectivity index (χ4n) is 3.32. The predicted molar refractivity (Wildman–Crippen MR) is 85.0 cm³/mol. The number of alkyl halides is 3. The van der Waals surface area contributed by atoms with Gasteiger partial charge in [0.1, 0.15) is 18.4 Å². The lowest BCUT2D eigenvalue weighted by atomic mass is 9.95. The Kier molecular flexibility index (Phi) is 3.65. The van der Waals surface area contributed by atoms with Crippen LogP contribution in [0.5, 0.6) is 11.8 Å². The average molecular weight is 363 g/mol. The van der Waals surface area contributed by atoms with Crippen molar-refractivity contribution in [2.45, 2.75) is 44.0 Å². The fraction of sp³-hybridized carbons (Fsp3) is 0.444. The molecule has 1 aromatic heterocycles. The molecule has 8 heteroatoms. The first-order chi connectivity index (χ1) is 12.3. The lowest BCUT2D eigenvalue weighted by molar-refractivity contribution is -0.160. The summed E-state index contributed by atoms with van der Waals surface area (Å²) in [5.41, 5.74) is -0.301. The number of nitriles is 1. The van der Waals surface area contributed by atoms with Crippen LogP contribution < -0.4 is 9.47 Å². The van der Waals surface area contributed by atoms with E-state index in [1.54, 1.807) is 19.1 Å². The summed E-state index contributed by atoms with van der Waals surface area (Å²) in [5.74, 6) is 0.495. The van der Waals surface area contributed by atoms with Gasteiger partial charge in [-0.1, -0.05) is 12.1 Å². The second-order valence-corrected chi connectivity index (χ2v) is 6.71. The van der Waals surface area contributed by atoms with Gasteiger partial charge in [0.05, 0.1) is 17.7 Å². The Hall–Kier alpha value is -2.69. The molecule has 1 fully saturated rings. The summed E-state index contributed by atoms with van der Waals surface area (Å²) in [6, 6.07) is 8.50. The zero-order valence-electron chi connectivity index (χ0n) is 14.0. The number of hydrogen-bond acceptors (Lipinski definition) is 4. The van der Waals surface area contributed by atoms with Gasteiger partial charge in [0.2, 0.25) is 0 Å². The molecule has 2 heterocycles. The molecule has 1 atom stereocenters. The van der Waals surface area contributed by atoms with Gasteiger partial charge < -0.3 is 9.47 Å². The van der Waals surface area contributed by atoms with E-state index in [1.165, 1.54) is 12.1 Å². The Bertz CT molecular complexity index is 877. The van der Waals surface area contributed by atoms with Crippen molar-refractivity contribution in [1.29, 1.82) is 5.26 Å². The summed E-state index contributed by atoms with van der Waals surface area (Å²) < 4.78 is 52.5. The summed E-state index contributed by atoms with van der Waals surface area (Å²) in [7, 11) is 0. The third kappa shape index (κ3) is 2.59. The minimum atomic E-state index is -4.21. The Labute approximate surface area is 148 Å². The fourth-order valence-corrected chi connectivity index (χ4v) is 3.32. The molecule has 1 aliphatic carbocycles. The van der Waals surface area contributed by atoms with Gasteiger partial charge in [-0.3, -0.25) is 4.57 Å². The van der Waals surface area contributed by atoms with E-state index in [4.69, 9.17) is 14.7 Å². The Morgan fingerprint density at radius 2 is 2.04 bits per heavy atom. The van der Waals surface area contributed by atoms with E-state index < -0.39 is 11.6 Å². The van der Waals surface area contributed by atoms with Crippen molar-refractivity contribution in [3.8, 4) is 17.8 Å². The first-order valence-corrected chi connectivity index (χ1v) is 8.28. The summed E-state index contributed by atoms with van der Waals surface area (Å²) in [6.07, 6.45) is -4.19. The number of hydrogen-bond donors (Lipinski definition) is 0. The smallest absolute Gasteiger partial charge is 0.398 e. The van der Waals surface area contributed by atoms with Crippen LogP contribution in [0.25, 0.3) is 0 Å². The number of nitrogens with zero attached hydrogens (tertiary/aromatic N) is 3. The largest absolute Gasteiger partial charge is 0.490 e. The highest BCUT2D eigenvalue weighted by molar-refractivity contribution is 5.38. The average Bonchev–Trinajstić information content (AvgIpc) is 3.26. The van der Waals surface area contributed by atoms with Gasteiger partial charge >= 0.3 is 6.18 Å². The molecule has 0 N–H and O–H groups in total. The molecule has 26 heavy (non-hydrogen) atoms. The normalized spacial score (nSPS) is 20.2. The van der Waals surface area contributed by atoms with Crippen molar-refractivity contribution >= 4 is 0 Å². The van der Waals surface area contributed by atoms with Crippen LogP contribution in [0, 0.1) is 18.3 Å². The highest BCUT2D eigenvalue weighted by Gasteiger charge is 2.64. The van der Waals surface area contributed by atoms with Gasteiger partial charge in [0.25, 0.3) is 6.01 Å². The molecule has 2 aliphatic rings. The van der Waals surface area contributed by atoms with Gasteiger partial charge in [0.15, 0.2) is 11.8 Å². The highest BCUT2D eigenvalue weighted by Crippen LogP contribution is 2.58. The molecular formula is C18H16F3N3O2. The number of ether oxygens (including phenoxy) is 2. The highest BCUT2D eigenvalue weighted by atomic mass is 19.4. The predicted octanol–water partition coefficient (Wildman–Crippen LogP) is 3.50. The maximum absolute atomic E-state index is 13.1. The van der Waals surface area contributed by atoms with Crippen LogP contribution >= 0.6 is 0 Å². The SMILES string of the molecule is Cc1c(C#N)nc2n1C[C@@H](COc1ccc(C3(C(F)(F)F)CC3)cc1)O2. The molecule has 0 spiro atoms. The van der Waals surface area contributed by atoms with E-state index >= 15 is 0 Å². The number of aromatic nitrogens is 2. The van der Waals surface area contributed by atoms with Gasteiger partial charge in [-0.15, -0.1) is 0 Å². The zero-order chi connectivity index (χ0) is 18.5. The molecular weight excluding hydrogens is 347 g/mol. The molecule has 0 radical (unpaired) electrons. The van der Waals surface area contributed by atoms with Crippen molar-refractivity contribution in [3.63, 3.8) is 0 Å². The Balaban J connectivity index is 1.37. The molecule has 5 nitrogen and oxygen atoms in total. The minimum absolute atomic E-state index is 0.141. The summed E-state index contributed by atoms with van der Waals surface area (Å²) in [6.45, 7) is 2.56. The quantitative estimate of drug-likeness (QED) is 0.834. The molecule has 1 aliphatic heterocycles. The number of rotatable bonds is 4. The van der Waals surface area contributed by atoms with E-state index in [9.17, 15) is 13.2 Å². The van der Waals surface area contributed by atoms with Crippen molar-refractivity contribution in [1.82, 2.24) is 9.55 Å². The molecule has 1 aromatic carbocycles. The number of halogens is 3. The van der Waals surface area contributed by atoms with Crippen LogP contribution in [0.1, 0.15) is 29.8 Å². The molecule has 136 valence electrons. The topological polar surface area (TPSA) is 60.1 Å². The Morgan fingerprint density at radius 3 is 2.58 bits per heavy atom. The molecule has 0 unspecified atom stereocenters. The van der Waals surface area contributed by atoms with Crippen molar-refractivity contribution in [3.05, 3.63) is 41.2 Å². The van der Waals surface area contributed by atoms with E-state index in [2.05, 4.69) is 4.98 Å². The maximum Gasteiger partial charge on any atom is 0.398 e. The van der Waals surface area contributed by atoms with Crippen LogP contribution in [-0.2, 0) is 12.0 Å². The van der Waals surface area contributed by atoms with Crippen molar-refractivity contribution in [2.75, 3.05) is 6.61 Å². The summed E-state index contributed by atoms with van der Waals surface area (Å²) in [4.78, 5) is 4.10. The van der Waals surface area contributed by atoms with Gasteiger partial charge in [-0.05, 0) is 37.5 Å².